The zero-order valence-electron chi connectivity index (χ0n) is 19.1. The summed E-state index contributed by atoms with van der Waals surface area (Å²) < 4.78 is 17.0. The van der Waals surface area contributed by atoms with E-state index in [2.05, 4.69) is 23.2 Å². The first-order valence-electron chi connectivity index (χ1n) is 12.5. The molecule has 172 valence electrons. The van der Waals surface area contributed by atoms with E-state index in [1.165, 1.54) is 24.5 Å². The largest absolute Gasteiger partial charge is 0.392 e. The van der Waals surface area contributed by atoms with Crippen molar-refractivity contribution in [1.82, 2.24) is 9.55 Å². The zero-order chi connectivity index (χ0) is 23.0. The summed E-state index contributed by atoms with van der Waals surface area (Å²) >= 11 is 0. The second-order valence-corrected chi connectivity index (χ2v) is 11.2. The van der Waals surface area contributed by atoms with Gasteiger partial charge in [-0.15, -0.1) is 0 Å². The Morgan fingerprint density at radius 2 is 1.94 bits per heavy atom. The molecule has 3 aromatic rings. The molecule has 2 aromatic carbocycles. The number of aliphatic hydroxyl groups excluding tert-OH is 1. The SMILES string of the molecule is N#Cc1cccc(C2C3CC4CC2CC(C(O)CC2c5c(F)cccc5-c5cncn52)(C4)C3)c1. The van der Waals surface area contributed by atoms with Crippen LogP contribution in [0.15, 0.2) is 55.0 Å². The van der Waals surface area contributed by atoms with E-state index in [4.69, 9.17) is 0 Å². The Morgan fingerprint density at radius 1 is 1.15 bits per heavy atom. The minimum atomic E-state index is -0.474. The Kier molecular flexibility index (Phi) is 4.36. The number of rotatable bonds is 4. The van der Waals surface area contributed by atoms with Crippen LogP contribution in [0.3, 0.4) is 0 Å². The molecule has 0 amide bonds. The van der Waals surface area contributed by atoms with E-state index < -0.39 is 6.10 Å². The summed E-state index contributed by atoms with van der Waals surface area (Å²) in [5, 5.41) is 21.2. The quantitative estimate of drug-likeness (QED) is 0.541. The molecular formula is C29H28FN3O. The molecule has 2 heterocycles. The van der Waals surface area contributed by atoms with Crippen molar-refractivity contribution in [2.24, 2.45) is 23.2 Å². The molecule has 4 atom stereocenters. The van der Waals surface area contributed by atoms with Crippen molar-refractivity contribution in [1.29, 1.82) is 5.26 Å². The van der Waals surface area contributed by atoms with Gasteiger partial charge < -0.3 is 9.67 Å². The third-order valence-corrected chi connectivity index (χ3v) is 9.54. The highest BCUT2D eigenvalue weighted by Crippen LogP contribution is 2.66. The predicted molar refractivity (Wildman–Crippen MR) is 126 cm³/mol. The molecule has 0 spiro atoms. The van der Waals surface area contributed by atoms with E-state index in [0.29, 0.717) is 35.7 Å². The molecule has 4 unspecified atom stereocenters. The number of halogens is 1. The van der Waals surface area contributed by atoms with Crippen LogP contribution in [0.2, 0.25) is 0 Å². The van der Waals surface area contributed by atoms with Crippen molar-refractivity contribution in [3.8, 4) is 17.3 Å². The van der Waals surface area contributed by atoms with Gasteiger partial charge in [-0.3, -0.25) is 0 Å². The van der Waals surface area contributed by atoms with Gasteiger partial charge in [0.15, 0.2) is 0 Å². The highest BCUT2D eigenvalue weighted by Gasteiger charge is 2.58. The van der Waals surface area contributed by atoms with Crippen molar-refractivity contribution in [2.45, 2.75) is 56.6 Å². The van der Waals surface area contributed by atoms with E-state index in [1.54, 1.807) is 18.6 Å². The first kappa shape index (κ1) is 20.4. The van der Waals surface area contributed by atoms with Crippen molar-refractivity contribution < 1.29 is 9.50 Å². The number of aromatic nitrogens is 2. The molecule has 4 bridgehead atoms. The molecule has 5 aliphatic rings. The summed E-state index contributed by atoms with van der Waals surface area (Å²) in [5.41, 5.74) is 4.49. The van der Waals surface area contributed by atoms with Crippen LogP contribution in [0, 0.1) is 40.3 Å². The van der Waals surface area contributed by atoms with Gasteiger partial charge in [0, 0.05) is 11.1 Å². The van der Waals surface area contributed by atoms with Gasteiger partial charge in [0.25, 0.3) is 0 Å². The Balaban J connectivity index is 1.19. The molecular weight excluding hydrogens is 425 g/mol. The smallest absolute Gasteiger partial charge is 0.129 e. The van der Waals surface area contributed by atoms with Gasteiger partial charge in [-0.05, 0) is 91.4 Å². The fourth-order valence-electron chi connectivity index (χ4n) is 8.55. The number of nitrogens with zero attached hydrogens (tertiary/aromatic N) is 3. The normalized spacial score (nSPS) is 33.4. The summed E-state index contributed by atoms with van der Waals surface area (Å²) in [6, 6.07) is 15.5. The lowest BCUT2D eigenvalue weighted by atomic mass is 9.44. The van der Waals surface area contributed by atoms with Crippen molar-refractivity contribution in [3.63, 3.8) is 0 Å². The van der Waals surface area contributed by atoms with Crippen LogP contribution in [0.1, 0.15) is 67.2 Å². The predicted octanol–water partition coefficient (Wildman–Crippen LogP) is 5.82. The summed E-state index contributed by atoms with van der Waals surface area (Å²) in [5.74, 6) is 2.05. The van der Waals surface area contributed by atoms with Gasteiger partial charge in [-0.25, -0.2) is 9.37 Å². The molecule has 0 radical (unpaired) electrons. The van der Waals surface area contributed by atoms with Gasteiger partial charge in [0.2, 0.25) is 0 Å². The molecule has 4 nitrogen and oxygen atoms in total. The topological polar surface area (TPSA) is 61.8 Å². The standard InChI is InChI=1S/C29H28FN3O/c30-23-6-2-5-22-25-15-32-16-33(25)24(28(22)23)10-26(34)29-11-18-8-20(12-29)27(21(9-18)13-29)19-4-1-3-17(7-19)14-31/h1-7,15-16,18,20-21,24,26-27,34H,8-13H2. The fourth-order valence-corrected chi connectivity index (χ4v) is 8.55. The van der Waals surface area contributed by atoms with Gasteiger partial charge in [-0.2, -0.15) is 5.26 Å². The van der Waals surface area contributed by atoms with Gasteiger partial charge in [0.1, 0.15) is 5.82 Å². The maximum absolute atomic E-state index is 15.0. The maximum Gasteiger partial charge on any atom is 0.129 e. The van der Waals surface area contributed by atoms with Gasteiger partial charge in [0.05, 0.1) is 42.0 Å². The van der Waals surface area contributed by atoms with Crippen molar-refractivity contribution in [2.75, 3.05) is 0 Å². The highest BCUT2D eigenvalue weighted by molar-refractivity contribution is 5.69. The van der Waals surface area contributed by atoms with Crippen LogP contribution in [-0.4, -0.2) is 20.8 Å². The lowest BCUT2D eigenvalue weighted by molar-refractivity contribution is -0.134. The number of benzene rings is 2. The maximum atomic E-state index is 15.0. The van der Waals surface area contributed by atoms with Crippen LogP contribution >= 0.6 is 0 Å². The van der Waals surface area contributed by atoms with Crippen molar-refractivity contribution in [3.05, 3.63) is 77.5 Å². The average Bonchev–Trinajstić information content (AvgIpc) is 3.42. The summed E-state index contributed by atoms with van der Waals surface area (Å²) in [6.07, 6.45) is 9.21. The second kappa shape index (κ2) is 7.26. The van der Waals surface area contributed by atoms with Crippen LogP contribution < -0.4 is 0 Å². The van der Waals surface area contributed by atoms with E-state index in [1.807, 2.05) is 22.8 Å². The number of fused-ring (bicyclic) bond motifs is 3. The first-order valence-corrected chi connectivity index (χ1v) is 12.5. The molecule has 1 aromatic heterocycles. The van der Waals surface area contributed by atoms with Crippen LogP contribution in [0.5, 0.6) is 0 Å². The van der Waals surface area contributed by atoms with E-state index in [-0.39, 0.29) is 17.3 Å². The lowest BCUT2D eigenvalue weighted by Gasteiger charge is -2.62. The number of aliphatic hydroxyl groups is 1. The number of imidazole rings is 1. The Morgan fingerprint density at radius 3 is 2.74 bits per heavy atom. The molecule has 4 fully saturated rings. The molecule has 1 N–H and O–H groups in total. The van der Waals surface area contributed by atoms with Gasteiger partial charge in [-0.1, -0.05) is 24.3 Å². The molecule has 5 heteroatoms. The first-order chi connectivity index (χ1) is 16.6. The summed E-state index contributed by atoms with van der Waals surface area (Å²) in [7, 11) is 0. The third kappa shape index (κ3) is 2.81. The van der Waals surface area contributed by atoms with Crippen LogP contribution in [0.25, 0.3) is 11.3 Å². The Labute approximate surface area is 199 Å². The third-order valence-electron chi connectivity index (χ3n) is 9.54. The summed E-state index contributed by atoms with van der Waals surface area (Å²) in [6.45, 7) is 0. The van der Waals surface area contributed by atoms with Crippen molar-refractivity contribution >= 4 is 0 Å². The molecule has 34 heavy (non-hydrogen) atoms. The molecule has 4 saturated carbocycles. The van der Waals surface area contributed by atoms with Crippen LogP contribution in [0.4, 0.5) is 4.39 Å². The Bertz CT molecular complexity index is 1310. The number of hydrogen-bond acceptors (Lipinski definition) is 3. The lowest BCUT2D eigenvalue weighted by Crippen LogP contribution is -2.54. The van der Waals surface area contributed by atoms with Crippen LogP contribution in [-0.2, 0) is 0 Å². The van der Waals surface area contributed by atoms with E-state index >= 15 is 0 Å². The van der Waals surface area contributed by atoms with Gasteiger partial charge >= 0.3 is 0 Å². The fraction of sp³-hybridized carbons (Fsp3) is 0.448. The number of nitriles is 1. The minimum Gasteiger partial charge on any atom is -0.392 e. The molecule has 4 aliphatic carbocycles. The minimum absolute atomic E-state index is 0.0887. The second-order valence-electron chi connectivity index (χ2n) is 11.2. The zero-order valence-corrected chi connectivity index (χ0v) is 19.1. The van der Waals surface area contributed by atoms with E-state index in [9.17, 15) is 14.8 Å². The monoisotopic (exact) mass is 453 g/mol. The average molecular weight is 454 g/mol. The highest BCUT2D eigenvalue weighted by atomic mass is 19.1. The Hall–Kier alpha value is -2.97. The molecule has 0 saturated heterocycles. The molecule has 1 aliphatic heterocycles. The van der Waals surface area contributed by atoms with E-state index in [0.717, 1.165) is 36.1 Å². The molecule has 8 rings (SSSR count). The number of hydrogen-bond donors (Lipinski definition) is 1. The summed E-state index contributed by atoms with van der Waals surface area (Å²) in [4.78, 5) is 4.32.